The van der Waals surface area contributed by atoms with Crippen LogP contribution in [0.3, 0.4) is 0 Å². The second kappa shape index (κ2) is 8.80. The Morgan fingerprint density at radius 3 is 2.42 bits per heavy atom. The van der Waals surface area contributed by atoms with Gasteiger partial charge in [0.1, 0.15) is 23.4 Å². The van der Waals surface area contributed by atoms with Crippen molar-refractivity contribution in [2.24, 2.45) is 0 Å². The molecule has 0 unspecified atom stereocenters. The molecule has 1 N–H and O–H groups in total. The number of benzene rings is 3. The monoisotopic (exact) mass is 466 g/mol. The summed E-state index contributed by atoms with van der Waals surface area (Å²) >= 11 is 0. The van der Waals surface area contributed by atoms with Crippen LogP contribution in [0, 0.1) is 5.82 Å². The van der Waals surface area contributed by atoms with Gasteiger partial charge in [-0.2, -0.15) is 0 Å². The Kier molecular flexibility index (Phi) is 6.05. The molecule has 0 radical (unpaired) electrons. The van der Waals surface area contributed by atoms with E-state index in [1.165, 1.54) is 23.5 Å². The van der Waals surface area contributed by atoms with Crippen molar-refractivity contribution >= 4 is 33.0 Å². The highest BCUT2D eigenvalue weighted by molar-refractivity contribution is 7.92. The van der Waals surface area contributed by atoms with E-state index in [-0.39, 0.29) is 5.82 Å². The smallest absolute Gasteiger partial charge is 0.232 e. The van der Waals surface area contributed by atoms with Crippen molar-refractivity contribution in [1.82, 2.24) is 5.32 Å². The van der Waals surface area contributed by atoms with Gasteiger partial charge in [0.05, 0.1) is 11.9 Å². The Hall–Kier alpha value is -3.49. The summed E-state index contributed by atoms with van der Waals surface area (Å²) in [7, 11) is -0.286. The summed E-state index contributed by atoms with van der Waals surface area (Å²) in [4.78, 5) is 11.3. The molecule has 3 aromatic carbocycles. The molecule has 0 aliphatic heterocycles. The Morgan fingerprint density at radius 1 is 1.06 bits per heavy atom. The van der Waals surface area contributed by atoms with Crippen LogP contribution in [0.1, 0.15) is 15.9 Å². The van der Waals surface area contributed by atoms with Crippen LogP contribution in [0.25, 0.3) is 33.4 Å². The van der Waals surface area contributed by atoms with E-state index in [0.29, 0.717) is 45.8 Å². The highest BCUT2D eigenvalue weighted by Crippen LogP contribution is 2.41. The molecule has 170 valence electrons. The van der Waals surface area contributed by atoms with Crippen molar-refractivity contribution < 1.29 is 22.0 Å². The molecule has 4 aromatic rings. The second-order valence-electron chi connectivity index (χ2n) is 7.79. The second-order valence-corrected chi connectivity index (χ2v) is 9.80. The van der Waals surface area contributed by atoms with Crippen LogP contribution < -0.4 is 9.62 Å². The highest BCUT2D eigenvalue weighted by atomic mass is 32.2. The summed E-state index contributed by atoms with van der Waals surface area (Å²) in [5.74, 6) is 0.227. The van der Waals surface area contributed by atoms with Crippen molar-refractivity contribution in [3.63, 3.8) is 0 Å². The van der Waals surface area contributed by atoms with Crippen LogP contribution in [0.5, 0.6) is 0 Å². The van der Waals surface area contributed by atoms with E-state index in [2.05, 4.69) is 5.32 Å². The summed E-state index contributed by atoms with van der Waals surface area (Å²) < 4.78 is 45.6. The lowest BCUT2D eigenvalue weighted by atomic mass is 9.97. The zero-order valence-corrected chi connectivity index (χ0v) is 19.2. The van der Waals surface area contributed by atoms with Crippen LogP contribution in [-0.4, -0.2) is 35.1 Å². The number of nitrogens with zero attached hydrogens (tertiary/aromatic N) is 1. The van der Waals surface area contributed by atoms with Crippen molar-refractivity contribution in [3.05, 3.63) is 77.6 Å². The highest BCUT2D eigenvalue weighted by Gasteiger charge is 2.23. The first kappa shape index (κ1) is 22.7. The van der Waals surface area contributed by atoms with Crippen LogP contribution in [0.4, 0.5) is 10.1 Å². The molecule has 0 amide bonds. The molecule has 0 bridgehead atoms. The number of furan rings is 1. The van der Waals surface area contributed by atoms with Crippen molar-refractivity contribution in [2.75, 3.05) is 24.7 Å². The van der Waals surface area contributed by atoms with Gasteiger partial charge in [-0.1, -0.05) is 18.2 Å². The van der Waals surface area contributed by atoms with Gasteiger partial charge in [-0.3, -0.25) is 9.10 Å². The summed E-state index contributed by atoms with van der Waals surface area (Å²) in [6.45, 7) is 0.481. The van der Waals surface area contributed by atoms with E-state index >= 15 is 0 Å². The number of carbonyl (C=O) groups is 1. The summed E-state index contributed by atoms with van der Waals surface area (Å²) in [5.41, 5.74) is 4.31. The third-order valence-electron chi connectivity index (χ3n) is 5.54. The maximum absolute atomic E-state index is 13.5. The molecule has 0 saturated carbocycles. The summed E-state index contributed by atoms with van der Waals surface area (Å²) in [6.07, 6.45) is 1.88. The van der Waals surface area contributed by atoms with E-state index in [1.54, 1.807) is 36.4 Å². The number of halogens is 1. The minimum absolute atomic E-state index is 0.348. The van der Waals surface area contributed by atoms with Crippen LogP contribution in [0.15, 0.2) is 65.1 Å². The van der Waals surface area contributed by atoms with E-state index in [4.69, 9.17) is 4.42 Å². The van der Waals surface area contributed by atoms with Crippen LogP contribution >= 0.6 is 0 Å². The van der Waals surface area contributed by atoms with Crippen molar-refractivity contribution in [2.45, 2.75) is 6.54 Å². The lowest BCUT2D eigenvalue weighted by Crippen LogP contribution is -2.25. The molecule has 0 spiro atoms. The number of anilines is 1. The molecule has 0 fully saturated rings. The molecule has 0 aliphatic rings. The van der Waals surface area contributed by atoms with Gasteiger partial charge < -0.3 is 9.73 Å². The predicted octanol–water partition coefficient (Wildman–Crippen LogP) is 4.83. The molecule has 0 atom stereocenters. The first-order chi connectivity index (χ1) is 15.7. The molecule has 1 heterocycles. The van der Waals surface area contributed by atoms with Gasteiger partial charge in [-0.25, -0.2) is 12.8 Å². The van der Waals surface area contributed by atoms with E-state index in [0.717, 1.165) is 23.5 Å². The number of hydrogen-bond donors (Lipinski definition) is 1. The maximum Gasteiger partial charge on any atom is 0.232 e. The Bertz CT molecular complexity index is 1440. The Morgan fingerprint density at radius 2 is 1.79 bits per heavy atom. The average molecular weight is 467 g/mol. The van der Waals surface area contributed by atoms with Crippen LogP contribution in [0.2, 0.25) is 0 Å². The van der Waals surface area contributed by atoms with Gasteiger partial charge in [0.25, 0.3) is 0 Å². The normalized spacial score (nSPS) is 11.6. The number of aldehydes is 1. The zero-order chi connectivity index (χ0) is 23.8. The summed E-state index contributed by atoms with van der Waals surface area (Å²) in [6, 6.07) is 16.6. The Balaban J connectivity index is 2.04. The number of sulfonamides is 1. The lowest BCUT2D eigenvalue weighted by molar-refractivity contribution is 0.112. The fourth-order valence-corrected chi connectivity index (χ4v) is 4.33. The Labute approximate surface area is 191 Å². The number of carbonyl (C=O) groups excluding carboxylic acids is 1. The van der Waals surface area contributed by atoms with Gasteiger partial charge in [-0.05, 0) is 49.0 Å². The number of hydrogen-bond acceptors (Lipinski definition) is 5. The molecule has 8 heteroatoms. The van der Waals surface area contributed by atoms with Gasteiger partial charge in [-0.15, -0.1) is 0 Å². The standard InChI is InChI=1S/C25H23FN2O4S/c1-27-14-22-21-12-20(18-6-4-5-16(11-18)15-29)23(28(2)33(3,30)31)13-24(21)32-25(22)17-7-9-19(26)10-8-17/h4-13,15,27H,14H2,1-3H3. The van der Waals surface area contributed by atoms with E-state index in [1.807, 2.05) is 19.2 Å². The van der Waals surface area contributed by atoms with E-state index in [9.17, 15) is 17.6 Å². The van der Waals surface area contributed by atoms with Gasteiger partial charge in [0.2, 0.25) is 10.0 Å². The maximum atomic E-state index is 13.5. The minimum atomic E-state index is -3.57. The number of fused-ring (bicyclic) bond motifs is 1. The van der Waals surface area contributed by atoms with Gasteiger partial charge in [0.15, 0.2) is 0 Å². The third kappa shape index (κ3) is 4.40. The molecule has 33 heavy (non-hydrogen) atoms. The topological polar surface area (TPSA) is 79.6 Å². The van der Waals surface area contributed by atoms with Gasteiger partial charge in [0, 0.05) is 47.3 Å². The first-order valence-corrected chi connectivity index (χ1v) is 12.1. The summed E-state index contributed by atoms with van der Waals surface area (Å²) in [5, 5.41) is 3.93. The van der Waals surface area contributed by atoms with Crippen molar-refractivity contribution in [3.8, 4) is 22.5 Å². The lowest BCUT2D eigenvalue weighted by Gasteiger charge is -2.21. The molecular formula is C25H23FN2O4S. The molecule has 6 nitrogen and oxygen atoms in total. The fourth-order valence-electron chi connectivity index (χ4n) is 3.82. The SMILES string of the molecule is CNCc1c(-c2ccc(F)cc2)oc2cc(N(C)S(C)(=O)=O)c(-c3cccc(C=O)c3)cc12. The van der Waals surface area contributed by atoms with Gasteiger partial charge >= 0.3 is 0 Å². The average Bonchev–Trinajstić information content (AvgIpc) is 3.15. The molecule has 1 aromatic heterocycles. The fraction of sp³-hybridized carbons (Fsp3) is 0.160. The predicted molar refractivity (Wildman–Crippen MR) is 128 cm³/mol. The molecular weight excluding hydrogens is 443 g/mol. The number of nitrogens with one attached hydrogen (secondary N) is 1. The van der Waals surface area contributed by atoms with Crippen molar-refractivity contribution in [1.29, 1.82) is 0 Å². The van der Waals surface area contributed by atoms with E-state index < -0.39 is 10.0 Å². The molecule has 0 saturated heterocycles. The first-order valence-electron chi connectivity index (χ1n) is 10.2. The molecule has 4 rings (SSSR count). The number of rotatable bonds is 7. The molecule has 0 aliphatic carbocycles. The zero-order valence-electron chi connectivity index (χ0n) is 18.4. The third-order valence-corrected chi connectivity index (χ3v) is 6.73. The largest absolute Gasteiger partial charge is 0.456 e. The van der Waals surface area contributed by atoms with Crippen LogP contribution in [-0.2, 0) is 16.6 Å². The minimum Gasteiger partial charge on any atom is -0.456 e. The quantitative estimate of drug-likeness (QED) is 0.395.